The second kappa shape index (κ2) is 10.4. The maximum atomic E-state index is 12.8. The first-order chi connectivity index (χ1) is 17.5. The molecule has 0 atom stereocenters. The van der Waals surface area contributed by atoms with Gasteiger partial charge in [-0.25, -0.2) is 4.79 Å². The molecule has 0 aliphatic carbocycles. The van der Waals surface area contributed by atoms with E-state index in [-0.39, 0.29) is 17.4 Å². The minimum absolute atomic E-state index is 0.199. The Morgan fingerprint density at radius 2 is 1.61 bits per heavy atom. The summed E-state index contributed by atoms with van der Waals surface area (Å²) in [5.41, 5.74) is 1.15. The van der Waals surface area contributed by atoms with Crippen LogP contribution in [-0.2, 0) is 9.59 Å². The van der Waals surface area contributed by atoms with E-state index < -0.39 is 17.1 Å². The molecule has 182 valence electrons. The van der Waals surface area contributed by atoms with Crippen LogP contribution < -0.4 is 4.74 Å². The highest BCUT2D eigenvalue weighted by Crippen LogP contribution is 2.32. The third-order valence-electron chi connectivity index (χ3n) is 6.27. The third kappa shape index (κ3) is 5.04. The standard InChI is InChI=1S/C28H24N2O5S/c31-25(29-15-4-1-5-16-29)18-30-26(32)24(36-28(30)34)17-19-11-13-21(14-12-19)35-27(33)23-10-6-8-20-7-2-3-9-22(20)23/h2-3,6-14,17H,1,4-5,15-16,18H2/b24-17-. The predicted molar refractivity (Wildman–Crippen MR) is 138 cm³/mol. The van der Waals surface area contributed by atoms with Crippen LogP contribution in [-0.4, -0.2) is 52.5 Å². The summed E-state index contributed by atoms with van der Waals surface area (Å²) in [6.45, 7) is 1.11. The topological polar surface area (TPSA) is 84.0 Å². The minimum atomic E-state index is -0.471. The Hall–Kier alpha value is -3.91. The summed E-state index contributed by atoms with van der Waals surface area (Å²) < 4.78 is 5.55. The summed E-state index contributed by atoms with van der Waals surface area (Å²) in [6, 6.07) is 19.8. The summed E-state index contributed by atoms with van der Waals surface area (Å²) in [5.74, 6) is -0.762. The van der Waals surface area contributed by atoms with Crippen LogP contribution in [0.1, 0.15) is 35.2 Å². The van der Waals surface area contributed by atoms with Crippen molar-refractivity contribution in [2.45, 2.75) is 19.3 Å². The number of esters is 1. The quantitative estimate of drug-likeness (QED) is 0.275. The molecule has 2 fully saturated rings. The second-order valence-electron chi connectivity index (χ2n) is 8.69. The largest absolute Gasteiger partial charge is 0.423 e. The average molecular weight is 501 g/mol. The van der Waals surface area contributed by atoms with Gasteiger partial charge in [-0.3, -0.25) is 19.3 Å². The van der Waals surface area contributed by atoms with Crippen LogP contribution in [0.15, 0.2) is 71.6 Å². The van der Waals surface area contributed by atoms with E-state index in [0.717, 1.165) is 46.7 Å². The highest BCUT2D eigenvalue weighted by Gasteiger charge is 2.37. The molecule has 3 amide bonds. The molecular formula is C28H24N2O5S. The van der Waals surface area contributed by atoms with Gasteiger partial charge in [0.2, 0.25) is 5.91 Å². The van der Waals surface area contributed by atoms with Gasteiger partial charge in [-0.15, -0.1) is 0 Å². The van der Waals surface area contributed by atoms with Crippen molar-refractivity contribution in [1.82, 2.24) is 9.80 Å². The zero-order chi connectivity index (χ0) is 25.1. The van der Waals surface area contributed by atoms with Crippen LogP contribution in [0.4, 0.5) is 4.79 Å². The highest BCUT2D eigenvalue weighted by molar-refractivity contribution is 8.18. The van der Waals surface area contributed by atoms with Crippen molar-refractivity contribution in [2.24, 2.45) is 0 Å². The van der Waals surface area contributed by atoms with E-state index in [4.69, 9.17) is 4.74 Å². The van der Waals surface area contributed by atoms with Gasteiger partial charge in [-0.2, -0.15) is 0 Å². The van der Waals surface area contributed by atoms with Crippen LogP contribution in [0.5, 0.6) is 5.75 Å². The lowest BCUT2D eigenvalue weighted by molar-refractivity contribution is -0.136. The van der Waals surface area contributed by atoms with Gasteiger partial charge in [-0.05, 0) is 71.6 Å². The number of hydrogen-bond donors (Lipinski definition) is 0. The summed E-state index contributed by atoms with van der Waals surface area (Å²) in [4.78, 5) is 53.5. The number of amides is 3. The van der Waals surface area contributed by atoms with Gasteiger partial charge in [0.1, 0.15) is 12.3 Å². The van der Waals surface area contributed by atoms with Gasteiger partial charge in [0.25, 0.3) is 11.1 Å². The number of fused-ring (bicyclic) bond motifs is 1. The number of piperidine rings is 1. The van der Waals surface area contributed by atoms with Crippen molar-refractivity contribution in [3.05, 3.63) is 82.8 Å². The molecule has 7 nitrogen and oxygen atoms in total. The zero-order valence-electron chi connectivity index (χ0n) is 19.5. The van der Waals surface area contributed by atoms with E-state index in [1.54, 1.807) is 41.3 Å². The van der Waals surface area contributed by atoms with E-state index in [0.29, 0.717) is 30.0 Å². The van der Waals surface area contributed by atoms with E-state index in [1.807, 2.05) is 36.4 Å². The first kappa shape index (κ1) is 23.8. The minimum Gasteiger partial charge on any atom is -0.423 e. The number of hydrogen-bond acceptors (Lipinski definition) is 6. The molecule has 0 bridgehead atoms. The van der Waals surface area contributed by atoms with Crippen LogP contribution in [0.2, 0.25) is 0 Å². The monoisotopic (exact) mass is 500 g/mol. The number of carbonyl (C=O) groups is 4. The molecule has 36 heavy (non-hydrogen) atoms. The van der Waals surface area contributed by atoms with Gasteiger partial charge in [0.15, 0.2) is 0 Å². The molecule has 2 saturated heterocycles. The van der Waals surface area contributed by atoms with Gasteiger partial charge in [-0.1, -0.05) is 48.5 Å². The Balaban J connectivity index is 1.25. The Bertz CT molecular complexity index is 1370. The number of likely N-dealkylation sites (tertiary alicyclic amines) is 1. The summed E-state index contributed by atoms with van der Waals surface area (Å²) >= 11 is 0.821. The fourth-order valence-electron chi connectivity index (χ4n) is 4.36. The molecule has 0 saturated carbocycles. The van der Waals surface area contributed by atoms with E-state index in [1.165, 1.54) is 0 Å². The van der Waals surface area contributed by atoms with Crippen molar-refractivity contribution >= 4 is 51.6 Å². The zero-order valence-corrected chi connectivity index (χ0v) is 20.3. The van der Waals surface area contributed by atoms with Gasteiger partial charge < -0.3 is 9.64 Å². The number of carbonyl (C=O) groups excluding carboxylic acids is 4. The Morgan fingerprint density at radius 1 is 0.889 bits per heavy atom. The number of nitrogens with zero attached hydrogens (tertiary/aromatic N) is 2. The Morgan fingerprint density at radius 3 is 2.39 bits per heavy atom. The maximum Gasteiger partial charge on any atom is 0.344 e. The predicted octanol–water partition coefficient (Wildman–Crippen LogP) is 5.11. The van der Waals surface area contributed by atoms with Crippen LogP contribution in [0, 0.1) is 0 Å². The SMILES string of the molecule is O=C(Oc1ccc(/C=C2\SC(=O)N(CC(=O)N3CCCCC3)C2=O)cc1)c1cccc2ccccc12. The van der Waals surface area contributed by atoms with Crippen LogP contribution in [0.3, 0.4) is 0 Å². The highest BCUT2D eigenvalue weighted by atomic mass is 32.2. The molecule has 0 radical (unpaired) electrons. The Kier molecular flexibility index (Phi) is 6.86. The van der Waals surface area contributed by atoms with Crippen LogP contribution in [0.25, 0.3) is 16.8 Å². The molecule has 2 aliphatic rings. The van der Waals surface area contributed by atoms with E-state index in [9.17, 15) is 19.2 Å². The van der Waals surface area contributed by atoms with Crippen LogP contribution >= 0.6 is 11.8 Å². The first-order valence-electron chi connectivity index (χ1n) is 11.8. The molecule has 8 heteroatoms. The van der Waals surface area contributed by atoms with Gasteiger partial charge >= 0.3 is 5.97 Å². The van der Waals surface area contributed by atoms with E-state index in [2.05, 4.69) is 0 Å². The van der Waals surface area contributed by atoms with Crippen molar-refractivity contribution in [3.8, 4) is 5.75 Å². The molecule has 0 aromatic heterocycles. The average Bonchev–Trinajstić information content (AvgIpc) is 3.17. The molecular weight excluding hydrogens is 476 g/mol. The Labute approximate surface area is 212 Å². The molecule has 3 aromatic carbocycles. The molecule has 2 aliphatic heterocycles. The lowest BCUT2D eigenvalue weighted by atomic mass is 10.0. The number of benzene rings is 3. The van der Waals surface area contributed by atoms with Crippen molar-refractivity contribution < 1.29 is 23.9 Å². The number of thioether (sulfide) groups is 1. The fraction of sp³-hybridized carbons (Fsp3) is 0.214. The van der Waals surface area contributed by atoms with Gasteiger partial charge in [0.05, 0.1) is 10.5 Å². The number of ether oxygens (including phenoxy) is 1. The third-order valence-corrected chi connectivity index (χ3v) is 7.18. The first-order valence-corrected chi connectivity index (χ1v) is 12.6. The van der Waals surface area contributed by atoms with E-state index >= 15 is 0 Å². The molecule has 3 aromatic rings. The molecule has 0 N–H and O–H groups in total. The summed E-state index contributed by atoms with van der Waals surface area (Å²) in [7, 11) is 0. The molecule has 5 rings (SSSR count). The summed E-state index contributed by atoms with van der Waals surface area (Å²) in [6.07, 6.45) is 4.59. The van der Waals surface area contributed by atoms with Crippen molar-refractivity contribution in [3.63, 3.8) is 0 Å². The second-order valence-corrected chi connectivity index (χ2v) is 9.69. The maximum absolute atomic E-state index is 12.8. The number of rotatable bonds is 5. The molecule has 0 spiro atoms. The normalized spacial score (nSPS) is 17.2. The lowest BCUT2D eigenvalue weighted by Gasteiger charge is -2.27. The molecule has 2 heterocycles. The smallest absolute Gasteiger partial charge is 0.344 e. The molecule has 0 unspecified atom stereocenters. The lowest BCUT2D eigenvalue weighted by Crippen LogP contribution is -2.44. The van der Waals surface area contributed by atoms with Crippen molar-refractivity contribution in [2.75, 3.05) is 19.6 Å². The number of imide groups is 1. The summed E-state index contributed by atoms with van der Waals surface area (Å²) in [5, 5.41) is 1.32. The fourth-order valence-corrected chi connectivity index (χ4v) is 5.20. The van der Waals surface area contributed by atoms with Crippen molar-refractivity contribution in [1.29, 1.82) is 0 Å². The van der Waals surface area contributed by atoms with Gasteiger partial charge in [0, 0.05) is 13.1 Å².